The molecule has 0 fully saturated rings. The maximum atomic E-state index is 12.7. The molecule has 7 heteroatoms. The number of carbonyl (C=O) groups excluding carboxylic acids is 3. The van der Waals surface area contributed by atoms with Gasteiger partial charge < -0.3 is 5.32 Å². The summed E-state index contributed by atoms with van der Waals surface area (Å²) in [6.07, 6.45) is 4.31. The van der Waals surface area contributed by atoms with Gasteiger partial charge in [-0.2, -0.15) is 5.10 Å². The number of rotatable bonds is 7. The lowest BCUT2D eigenvalue weighted by Crippen LogP contribution is -2.29. The van der Waals surface area contributed by atoms with E-state index < -0.39 is 0 Å². The standard InChI is InChI=1S/C22H20N4O3/c27-20(23-10-4-12-25-13-5-11-24-25)17-8-9-18-19(14-17)22(29)26(21(18)28)15-16-6-2-1-3-7-16/h1-3,5-9,11,13-14H,4,10,12,15H2,(H,23,27). The number of benzene rings is 2. The number of amides is 3. The third-order valence-corrected chi connectivity index (χ3v) is 4.83. The van der Waals surface area contributed by atoms with Crippen molar-refractivity contribution in [2.24, 2.45) is 0 Å². The highest BCUT2D eigenvalue weighted by molar-refractivity contribution is 6.22. The monoisotopic (exact) mass is 388 g/mol. The van der Waals surface area contributed by atoms with Gasteiger partial charge in [-0.15, -0.1) is 0 Å². The van der Waals surface area contributed by atoms with E-state index in [1.165, 1.54) is 11.0 Å². The molecule has 0 unspecified atom stereocenters. The average molecular weight is 388 g/mol. The fourth-order valence-corrected chi connectivity index (χ4v) is 3.32. The van der Waals surface area contributed by atoms with Gasteiger partial charge in [-0.05, 0) is 36.2 Å². The smallest absolute Gasteiger partial charge is 0.261 e. The molecule has 2 heterocycles. The molecule has 0 radical (unpaired) electrons. The summed E-state index contributed by atoms with van der Waals surface area (Å²) in [6, 6.07) is 15.8. The second kappa shape index (κ2) is 8.10. The first-order valence-corrected chi connectivity index (χ1v) is 9.43. The number of nitrogens with one attached hydrogen (secondary N) is 1. The molecule has 3 aromatic rings. The van der Waals surface area contributed by atoms with E-state index in [9.17, 15) is 14.4 Å². The fourth-order valence-electron chi connectivity index (χ4n) is 3.32. The van der Waals surface area contributed by atoms with Crippen LogP contribution in [0, 0.1) is 0 Å². The molecule has 0 saturated carbocycles. The van der Waals surface area contributed by atoms with Crippen LogP contribution in [0.25, 0.3) is 0 Å². The van der Waals surface area contributed by atoms with Crippen LogP contribution in [-0.2, 0) is 13.1 Å². The second-order valence-electron chi connectivity index (χ2n) is 6.82. The maximum Gasteiger partial charge on any atom is 0.261 e. The van der Waals surface area contributed by atoms with Gasteiger partial charge in [0, 0.05) is 31.0 Å². The molecular formula is C22H20N4O3. The van der Waals surface area contributed by atoms with Crippen LogP contribution in [0.3, 0.4) is 0 Å². The minimum atomic E-state index is -0.373. The first-order valence-electron chi connectivity index (χ1n) is 9.43. The number of hydrogen-bond donors (Lipinski definition) is 1. The Morgan fingerprint density at radius 1 is 0.966 bits per heavy atom. The number of hydrogen-bond acceptors (Lipinski definition) is 4. The van der Waals surface area contributed by atoms with Gasteiger partial charge in [0.25, 0.3) is 17.7 Å². The van der Waals surface area contributed by atoms with Crippen molar-refractivity contribution in [3.63, 3.8) is 0 Å². The van der Waals surface area contributed by atoms with E-state index >= 15 is 0 Å². The molecule has 29 heavy (non-hydrogen) atoms. The van der Waals surface area contributed by atoms with E-state index in [1.54, 1.807) is 23.0 Å². The van der Waals surface area contributed by atoms with Crippen molar-refractivity contribution in [1.82, 2.24) is 20.0 Å². The summed E-state index contributed by atoms with van der Waals surface area (Å²) in [5.41, 5.74) is 1.85. The van der Waals surface area contributed by atoms with Crippen LogP contribution >= 0.6 is 0 Å². The van der Waals surface area contributed by atoms with Crippen LogP contribution in [0.4, 0.5) is 0 Å². The molecule has 1 aliphatic heterocycles. The van der Waals surface area contributed by atoms with E-state index in [1.807, 2.05) is 42.6 Å². The van der Waals surface area contributed by atoms with Crippen molar-refractivity contribution in [3.05, 3.63) is 89.2 Å². The topological polar surface area (TPSA) is 84.3 Å². The molecule has 1 aliphatic rings. The van der Waals surface area contributed by atoms with Gasteiger partial charge >= 0.3 is 0 Å². The van der Waals surface area contributed by atoms with Crippen molar-refractivity contribution >= 4 is 17.7 Å². The summed E-state index contributed by atoms with van der Waals surface area (Å²) < 4.78 is 1.80. The van der Waals surface area contributed by atoms with Crippen molar-refractivity contribution in [2.75, 3.05) is 6.54 Å². The minimum Gasteiger partial charge on any atom is -0.352 e. The third-order valence-electron chi connectivity index (χ3n) is 4.83. The molecule has 7 nitrogen and oxygen atoms in total. The molecular weight excluding hydrogens is 368 g/mol. The van der Waals surface area contributed by atoms with Crippen LogP contribution < -0.4 is 5.32 Å². The summed E-state index contributed by atoms with van der Waals surface area (Å²) in [5.74, 6) is -0.975. The zero-order valence-corrected chi connectivity index (χ0v) is 15.7. The Labute approximate surface area is 167 Å². The van der Waals surface area contributed by atoms with Crippen molar-refractivity contribution in [2.45, 2.75) is 19.5 Å². The number of carbonyl (C=O) groups is 3. The maximum absolute atomic E-state index is 12.7. The van der Waals surface area contributed by atoms with Gasteiger partial charge in [0.2, 0.25) is 0 Å². The Kier molecular flexibility index (Phi) is 5.20. The Balaban J connectivity index is 1.40. The van der Waals surface area contributed by atoms with Gasteiger partial charge in [-0.1, -0.05) is 30.3 Å². The highest BCUT2D eigenvalue weighted by atomic mass is 16.2. The molecule has 146 valence electrons. The second-order valence-corrected chi connectivity index (χ2v) is 6.82. The summed E-state index contributed by atoms with van der Waals surface area (Å²) in [4.78, 5) is 39.0. The highest BCUT2D eigenvalue weighted by Gasteiger charge is 2.35. The Hall–Kier alpha value is -3.74. The molecule has 0 aliphatic carbocycles. The van der Waals surface area contributed by atoms with Crippen LogP contribution in [0.15, 0.2) is 67.0 Å². The number of imide groups is 1. The first kappa shape index (κ1) is 18.6. The SMILES string of the molecule is O=C(NCCCn1cccn1)c1ccc2c(c1)C(=O)N(Cc1ccccc1)C2=O. The van der Waals surface area contributed by atoms with E-state index in [-0.39, 0.29) is 29.8 Å². The molecule has 0 bridgehead atoms. The van der Waals surface area contributed by atoms with E-state index in [2.05, 4.69) is 10.4 Å². The number of fused-ring (bicyclic) bond motifs is 1. The summed E-state index contributed by atoms with van der Waals surface area (Å²) >= 11 is 0. The lowest BCUT2D eigenvalue weighted by molar-refractivity contribution is 0.0642. The van der Waals surface area contributed by atoms with E-state index in [0.717, 1.165) is 12.0 Å². The lowest BCUT2D eigenvalue weighted by Gasteiger charge is -2.13. The molecule has 4 rings (SSSR count). The van der Waals surface area contributed by atoms with Gasteiger partial charge in [-0.3, -0.25) is 24.0 Å². The van der Waals surface area contributed by atoms with Crippen molar-refractivity contribution in [1.29, 1.82) is 0 Å². The first-order chi connectivity index (χ1) is 14.1. The zero-order valence-electron chi connectivity index (χ0n) is 15.7. The predicted molar refractivity (Wildman–Crippen MR) is 106 cm³/mol. The van der Waals surface area contributed by atoms with Crippen LogP contribution in [0.5, 0.6) is 0 Å². The molecule has 2 aromatic carbocycles. The van der Waals surface area contributed by atoms with Gasteiger partial charge in [-0.25, -0.2) is 0 Å². The molecule has 1 N–H and O–H groups in total. The van der Waals surface area contributed by atoms with Gasteiger partial charge in [0.05, 0.1) is 17.7 Å². The van der Waals surface area contributed by atoms with Crippen LogP contribution in [0.1, 0.15) is 43.1 Å². The highest BCUT2D eigenvalue weighted by Crippen LogP contribution is 2.25. The molecule has 0 saturated heterocycles. The summed E-state index contributed by atoms with van der Waals surface area (Å²) in [7, 11) is 0. The molecule has 0 atom stereocenters. The van der Waals surface area contributed by atoms with Gasteiger partial charge in [0.1, 0.15) is 0 Å². The number of aromatic nitrogens is 2. The quantitative estimate of drug-likeness (QED) is 0.498. The van der Waals surface area contributed by atoms with Gasteiger partial charge in [0.15, 0.2) is 0 Å². The lowest BCUT2D eigenvalue weighted by atomic mass is 10.1. The van der Waals surface area contributed by atoms with Crippen LogP contribution in [0.2, 0.25) is 0 Å². The zero-order chi connectivity index (χ0) is 20.2. The average Bonchev–Trinajstić information content (AvgIpc) is 3.35. The van der Waals surface area contributed by atoms with Crippen LogP contribution in [-0.4, -0.2) is 38.9 Å². The Morgan fingerprint density at radius 3 is 2.52 bits per heavy atom. The normalized spacial score (nSPS) is 12.9. The Bertz CT molecular complexity index is 1050. The molecule has 0 spiro atoms. The Morgan fingerprint density at radius 2 is 1.76 bits per heavy atom. The number of nitrogens with zero attached hydrogens (tertiary/aromatic N) is 3. The third kappa shape index (κ3) is 3.94. The summed E-state index contributed by atoms with van der Waals surface area (Å²) in [6.45, 7) is 1.41. The minimum absolute atomic E-state index is 0.210. The predicted octanol–water partition coefficient (Wildman–Crippen LogP) is 2.50. The van der Waals surface area contributed by atoms with Crippen molar-refractivity contribution < 1.29 is 14.4 Å². The molecule has 3 amide bonds. The fraction of sp³-hybridized carbons (Fsp3) is 0.182. The van der Waals surface area contributed by atoms with Crippen molar-refractivity contribution in [3.8, 4) is 0 Å². The molecule has 1 aromatic heterocycles. The largest absolute Gasteiger partial charge is 0.352 e. The summed E-state index contributed by atoms with van der Waals surface area (Å²) in [5, 5.41) is 6.95. The van der Waals surface area contributed by atoms with E-state index in [0.29, 0.717) is 24.2 Å². The number of aryl methyl sites for hydroxylation is 1. The van der Waals surface area contributed by atoms with E-state index in [4.69, 9.17) is 0 Å².